The zero-order valence-electron chi connectivity index (χ0n) is 31.6. The molecule has 5 N–H and O–H groups in total. The molecule has 53 heavy (non-hydrogen) atoms. The van der Waals surface area contributed by atoms with Crippen molar-refractivity contribution in [1.82, 2.24) is 19.9 Å². The van der Waals surface area contributed by atoms with E-state index in [0.717, 1.165) is 18.9 Å². The lowest BCUT2D eigenvalue weighted by Gasteiger charge is -2.23. The lowest BCUT2D eigenvalue weighted by Crippen LogP contribution is -2.48. The number of rotatable bonds is 13. The highest BCUT2D eigenvalue weighted by atomic mass is 32.2. The summed E-state index contributed by atoms with van der Waals surface area (Å²) < 4.78 is 39.8. The molecule has 0 bridgehead atoms. The fraction of sp³-hybridized carbons (Fsp3) is 0.605. The average Bonchev–Trinajstić information content (AvgIpc) is 4.01. The third kappa shape index (κ3) is 15.0. The predicted octanol–water partition coefficient (Wildman–Crippen LogP) is 6.27. The van der Waals surface area contributed by atoms with Gasteiger partial charge in [0, 0.05) is 29.2 Å². The summed E-state index contributed by atoms with van der Waals surface area (Å²) in [5.41, 5.74) is 4.02. The number of hydrogen-bond acceptors (Lipinski definition) is 8. The van der Waals surface area contributed by atoms with Gasteiger partial charge in [-0.2, -0.15) is 0 Å². The first-order chi connectivity index (χ1) is 25.0. The van der Waals surface area contributed by atoms with Crippen LogP contribution in [0, 0.1) is 23.5 Å². The van der Waals surface area contributed by atoms with Crippen molar-refractivity contribution in [2.45, 2.75) is 122 Å². The largest absolute Gasteiger partial charge is 0.476 e. The molecule has 1 aliphatic heterocycles. The third-order valence-electron chi connectivity index (χ3n) is 8.30. The Morgan fingerprint density at radius 2 is 1.85 bits per heavy atom. The van der Waals surface area contributed by atoms with Gasteiger partial charge in [0.15, 0.2) is 22.9 Å². The fourth-order valence-corrected chi connectivity index (χ4v) is 6.20. The van der Waals surface area contributed by atoms with E-state index in [9.17, 15) is 32.8 Å². The van der Waals surface area contributed by atoms with E-state index in [1.165, 1.54) is 55.6 Å². The molecule has 3 unspecified atom stereocenters. The number of aromatic nitrogens is 1. The summed E-state index contributed by atoms with van der Waals surface area (Å²) in [5, 5.41) is 3.18. The molecule has 1 saturated heterocycles. The molecule has 1 aromatic heterocycles. The number of primary amides is 1. The summed E-state index contributed by atoms with van der Waals surface area (Å²) >= 11 is 1.63. The second-order valence-corrected chi connectivity index (χ2v) is 15.8. The minimum Gasteiger partial charge on any atom is -0.476 e. The molecule has 2 aromatic rings. The highest BCUT2D eigenvalue weighted by molar-refractivity contribution is 7.98. The highest BCUT2D eigenvalue weighted by Crippen LogP contribution is 2.41. The second-order valence-electron chi connectivity index (χ2n) is 14.7. The molecule has 3 aliphatic rings. The lowest BCUT2D eigenvalue weighted by atomic mass is 10.2. The summed E-state index contributed by atoms with van der Waals surface area (Å²) in [4.78, 5) is 61.8. The first-order valence-electron chi connectivity index (χ1n) is 18.4. The first kappa shape index (κ1) is 43.3. The Bertz CT molecular complexity index is 1660. The molecule has 2 heterocycles. The number of allylic oxidation sites excluding steroid dienone is 2. The normalized spacial score (nSPS) is 19.2. The van der Waals surface area contributed by atoms with E-state index in [0.29, 0.717) is 24.1 Å². The van der Waals surface area contributed by atoms with E-state index in [2.05, 4.69) is 34.1 Å². The quantitative estimate of drug-likeness (QED) is 0.105. The minimum absolute atomic E-state index is 0.0972. The van der Waals surface area contributed by atoms with Crippen LogP contribution < -0.4 is 25.9 Å². The number of unbranched alkanes of at least 4 members (excludes halogenated alkanes) is 3. The van der Waals surface area contributed by atoms with E-state index in [4.69, 9.17) is 15.2 Å². The number of benzene rings is 1. The molecular formula is C38H55F2N5O7S. The summed E-state index contributed by atoms with van der Waals surface area (Å²) in [7, 11) is 0. The van der Waals surface area contributed by atoms with Gasteiger partial charge in [0.25, 0.3) is 0 Å². The molecule has 0 spiro atoms. The summed E-state index contributed by atoms with van der Waals surface area (Å²) in [5.74, 6) is -1.74. The van der Waals surface area contributed by atoms with Crippen LogP contribution in [0.5, 0.6) is 5.88 Å². The SMILES string of the molecule is CC(C)(C)OC(=O)NCC(=O)N1CCCC1C(N)=O.CC(C)Oc1cc(=O)c2ccc(F)c(F)c2[nH]1.CCCCC/C=C\C1CC1C(=O)NSC1CC1. The van der Waals surface area contributed by atoms with Crippen LogP contribution in [0.15, 0.2) is 35.1 Å². The van der Waals surface area contributed by atoms with E-state index < -0.39 is 40.7 Å². The van der Waals surface area contributed by atoms with Crippen LogP contribution in [0.2, 0.25) is 0 Å². The molecule has 294 valence electrons. The van der Waals surface area contributed by atoms with Crippen molar-refractivity contribution in [3.63, 3.8) is 0 Å². The van der Waals surface area contributed by atoms with Gasteiger partial charge in [-0.05, 0) is 110 Å². The van der Waals surface area contributed by atoms with Crippen molar-refractivity contribution in [3.05, 3.63) is 52.2 Å². The van der Waals surface area contributed by atoms with Crippen LogP contribution in [0.25, 0.3) is 10.9 Å². The first-order valence-corrected chi connectivity index (χ1v) is 19.2. The zero-order chi connectivity index (χ0) is 39.3. The van der Waals surface area contributed by atoms with Gasteiger partial charge in [-0.15, -0.1) is 0 Å². The number of halogens is 2. The number of pyridine rings is 1. The van der Waals surface area contributed by atoms with Gasteiger partial charge >= 0.3 is 6.09 Å². The van der Waals surface area contributed by atoms with Crippen molar-refractivity contribution in [2.75, 3.05) is 13.1 Å². The Morgan fingerprint density at radius 3 is 2.47 bits per heavy atom. The molecule has 3 fully saturated rings. The summed E-state index contributed by atoms with van der Waals surface area (Å²) in [6.07, 6.45) is 13.7. The Kier molecular flexibility index (Phi) is 16.6. The van der Waals surface area contributed by atoms with Crippen molar-refractivity contribution in [1.29, 1.82) is 0 Å². The molecule has 0 radical (unpaired) electrons. The molecule has 15 heteroatoms. The smallest absolute Gasteiger partial charge is 0.408 e. The number of carbonyl (C=O) groups is 4. The molecule has 2 aliphatic carbocycles. The number of amides is 4. The number of fused-ring (bicyclic) bond motifs is 1. The standard InChI is InChI=1S/C14H23NOS.C12H11F2NO2.C12H21N3O4/c1-2-3-4-5-6-7-11-10-13(11)14(16)15-17-12-8-9-12;1-6(2)17-10-5-9(16)7-3-4-8(13)11(14)12(7)15-10;1-12(2,3)19-11(18)14-7-9(16)15-6-4-5-8(15)10(13)17/h6-7,11-13H,2-5,8-10H2,1H3,(H,15,16);3-6H,1-2H3,(H,15,16);8H,4-7H2,1-3H3,(H2,13,17)(H,14,18)/b7-6-;;. The maximum absolute atomic E-state index is 13.5. The van der Waals surface area contributed by atoms with E-state index in [1.54, 1.807) is 46.6 Å². The third-order valence-corrected chi connectivity index (χ3v) is 9.43. The molecule has 3 atom stereocenters. The number of aromatic amines is 1. The van der Waals surface area contributed by atoms with Gasteiger partial charge in [0.1, 0.15) is 18.2 Å². The molecule has 2 saturated carbocycles. The van der Waals surface area contributed by atoms with Crippen molar-refractivity contribution in [2.24, 2.45) is 17.6 Å². The zero-order valence-corrected chi connectivity index (χ0v) is 32.4. The van der Waals surface area contributed by atoms with Crippen LogP contribution >= 0.6 is 11.9 Å². The number of alkyl carbamates (subject to hydrolysis) is 1. The van der Waals surface area contributed by atoms with Crippen LogP contribution in [-0.2, 0) is 19.1 Å². The van der Waals surface area contributed by atoms with E-state index >= 15 is 0 Å². The van der Waals surface area contributed by atoms with Gasteiger partial charge in [-0.3, -0.25) is 23.9 Å². The van der Waals surface area contributed by atoms with Crippen molar-refractivity contribution in [3.8, 4) is 5.88 Å². The number of hydrogen-bond donors (Lipinski definition) is 4. The van der Waals surface area contributed by atoms with Crippen molar-refractivity contribution < 1.29 is 37.4 Å². The monoisotopic (exact) mass is 763 g/mol. The fourth-order valence-electron chi connectivity index (χ4n) is 5.39. The number of likely N-dealkylation sites (tertiary alicyclic amines) is 1. The van der Waals surface area contributed by atoms with Crippen LogP contribution in [0.4, 0.5) is 13.6 Å². The molecule has 4 amide bonds. The summed E-state index contributed by atoms with van der Waals surface area (Å²) in [6, 6.07) is 2.83. The molecule has 12 nitrogen and oxygen atoms in total. The van der Waals surface area contributed by atoms with Gasteiger partial charge in [-0.25, -0.2) is 13.6 Å². The van der Waals surface area contributed by atoms with Crippen LogP contribution in [0.1, 0.15) is 99.3 Å². The highest BCUT2D eigenvalue weighted by Gasteiger charge is 2.41. The molecule has 1 aromatic carbocycles. The minimum atomic E-state index is -1.08. The second kappa shape index (κ2) is 20.4. The van der Waals surface area contributed by atoms with Crippen LogP contribution in [-0.4, -0.2) is 69.8 Å². The average molecular weight is 764 g/mol. The predicted molar refractivity (Wildman–Crippen MR) is 202 cm³/mol. The lowest BCUT2D eigenvalue weighted by molar-refractivity contribution is -0.136. The maximum atomic E-state index is 13.5. The van der Waals surface area contributed by atoms with E-state index in [1.807, 2.05) is 0 Å². The van der Waals surface area contributed by atoms with E-state index in [-0.39, 0.29) is 47.2 Å². The number of nitrogens with one attached hydrogen (secondary N) is 3. The number of carbonyl (C=O) groups excluding carboxylic acids is 4. The van der Waals surface area contributed by atoms with Gasteiger partial charge in [0.05, 0.1) is 11.6 Å². The number of H-pyrrole nitrogens is 1. The Balaban J connectivity index is 0.000000214. The van der Waals surface area contributed by atoms with Gasteiger partial charge < -0.3 is 30.4 Å². The van der Waals surface area contributed by atoms with Gasteiger partial charge in [0.2, 0.25) is 17.7 Å². The van der Waals surface area contributed by atoms with Crippen molar-refractivity contribution >= 4 is 46.7 Å². The topological polar surface area (TPSA) is 173 Å². The molecule has 5 rings (SSSR count). The number of nitrogens with two attached hydrogens (primary N) is 1. The Morgan fingerprint density at radius 1 is 1.13 bits per heavy atom. The Hall–Kier alpha value is -4.14. The number of nitrogens with zero attached hydrogens (tertiary/aromatic N) is 1. The number of ether oxygens (including phenoxy) is 2. The Labute approximate surface area is 314 Å². The van der Waals surface area contributed by atoms with Gasteiger partial charge in [-0.1, -0.05) is 31.9 Å². The summed E-state index contributed by atoms with van der Waals surface area (Å²) in [6.45, 7) is 11.3. The molecular weight excluding hydrogens is 709 g/mol. The maximum Gasteiger partial charge on any atom is 0.408 e. The van der Waals surface area contributed by atoms with Crippen LogP contribution in [0.3, 0.4) is 0 Å².